The maximum atomic E-state index is 11.8. The number of methoxy groups -OCH3 is 3. The summed E-state index contributed by atoms with van der Waals surface area (Å²) in [5.41, 5.74) is 1.11. The van der Waals surface area contributed by atoms with Gasteiger partial charge in [-0.1, -0.05) is 0 Å². The fourth-order valence-corrected chi connectivity index (χ4v) is 2.63. The number of nitrogens with zero attached hydrogens (tertiary/aromatic N) is 1. The van der Waals surface area contributed by atoms with Crippen LogP contribution in [-0.2, 0) is 9.53 Å². The summed E-state index contributed by atoms with van der Waals surface area (Å²) in [4.78, 5) is 13.8. The molecule has 1 aromatic carbocycles. The van der Waals surface area contributed by atoms with Gasteiger partial charge in [0.2, 0.25) is 5.91 Å². The first-order valence-electron chi connectivity index (χ1n) is 6.79. The van der Waals surface area contributed by atoms with Gasteiger partial charge in [-0.25, -0.2) is 0 Å². The lowest BCUT2D eigenvalue weighted by Gasteiger charge is -2.36. The van der Waals surface area contributed by atoms with Crippen molar-refractivity contribution in [3.8, 4) is 11.5 Å². The van der Waals surface area contributed by atoms with Gasteiger partial charge in [-0.15, -0.1) is 12.6 Å². The normalized spacial score (nSPS) is 17.8. The molecule has 0 aromatic heterocycles. The Morgan fingerprint density at radius 3 is 2.68 bits per heavy atom. The second kappa shape index (κ2) is 7.42. The summed E-state index contributed by atoms with van der Waals surface area (Å²) in [6, 6.07) is 5.47. The molecule has 0 aliphatic carbocycles. The lowest BCUT2D eigenvalue weighted by atomic mass is 10.1. The van der Waals surface area contributed by atoms with Gasteiger partial charge < -0.3 is 24.4 Å². The molecule has 1 N–H and O–H groups in total. The van der Waals surface area contributed by atoms with Crippen LogP contribution in [0.5, 0.6) is 11.5 Å². The van der Waals surface area contributed by atoms with Gasteiger partial charge >= 0.3 is 0 Å². The van der Waals surface area contributed by atoms with Gasteiger partial charge in [0.15, 0.2) is 0 Å². The van der Waals surface area contributed by atoms with Crippen LogP contribution in [0, 0.1) is 0 Å². The summed E-state index contributed by atoms with van der Waals surface area (Å²) in [5, 5.41) is 2.75. The molecule has 1 unspecified atom stereocenters. The van der Waals surface area contributed by atoms with Gasteiger partial charge in [0, 0.05) is 31.4 Å². The smallest absolute Gasteiger partial charge is 0.248 e. The SMILES string of the molecule is COCCN1C(c2ccc(OC)cc2OC)=CC(=O)NC1S. The third kappa shape index (κ3) is 3.48. The quantitative estimate of drug-likeness (QED) is 0.773. The highest BCUT2D eigenvalue weighted by atomic mass is 32.1. The van der Waals surface area contributed by atoms with Crippen molar-refractivity contribution in [3.05, 3.63) is 29.8 Å². The molecule has 0 bridgehead atoms. The lowest BCUT2D eigenvalue weighted by molar-refractivity contribution is -0.117. The minimum atomic E-state index is -0.422. The largest absolute Gasteiger partial charge is 0.497 e. The molecule has 1 aliphatic heterocycles. The van der Waals surface area contributed by atoms with Crippen LogP contribution in [0.15, 0.2) is 24.3 Å². The summed E-state index contributed by atoms with van der Waals surface area (Å²) in [7, 11) is 4.81. The van der Waals surface area contributed by atoms with Crippen molar-refractivity contribution in [2.45, 2.75) is 5.50 Å². The van der Waals surface area contributed by atoms with Crippen LogP contribution in [0.1, 0.15) is 5.56 Å². The number of rotatable bonds is 6. The van der Waals surface area contributed by atoms with E-state index in [0.717, 1.165) is 11.3 Å². The topological polar surface area (TPSA) is 60.0 Å². The van der Waals surface area contributed by atoms with Crippen LogP contribution in [-0.4, -0.2) is 50.8 Å². The number of thiol groups is 1. The average Bonchev–Trinajstić information content (AvgIpc) is 2.52. The van der Waals surface area contributed by atoms with Gasteiger partial charge in [-0.3, -0.25) is 4.79 Å². The van der Waals surface area contributed by atoms with E-state index in [4.69, 9.17) is 14.2 Å². The highest BCUT2D eigenvalue weighted by Crippen LogP contribution is 2.34. The average molecular weight is 324 g/mol. The van der Waals surface area contributed by atoms with E-state index in [-0.39, 0.29) is 5.91 Å². The summed E-state index contributed by atoms with van der Waals surface area (Å²) in [6.45, 7) is 1.11. The molecule has 0 radical (unpaired) electrons. The highest BCUT2D eigenvalue weighted by molar-refractivity contribution is 7.80. The first-order valence-corrected chi connectivity index (χ1v) is 7.30. The van der Waals surface area contributed by atoms with E-state index in [1.807, 2.05) is 17.0 Å². The maximum Gasteiger partial charge on any atom is 0.248 e. The third-order valence-corrected chi connectivity index (χ3v) is 3.77. The third-order valence-electron chi connectivity index (χ3n) is 3.36. The van der Waals surface area contributed by atoms with Crippen LogP contribution in [0.25, 0.3) is 5.70 Å². The van der Waals surface area contributed by atoms with Gasteiger partial charge in [0.05, 0.1) is 26.5 Å². The number of ether oxygens (including phenoxy) is 3. The number of hydrogen-bond acceptors (Lipinski definition) is 6. The molecule has 1 amide bonds. The second-order valence-electron chi connectivity index (χ2n) is 4.66. The molecule has 0 spiro atoms. The van der Waals surface area contributed by atoms with Crippen LogP contribution < -0.4 is 14.8 Å². The van der Waals surface area contributed by atoms with Crippen molar-refractivity contribution in [2.75, 3.05) is 34.5 Å². The molecule has 6 nitrogen and oxygen atoms in total. The number of amides is 1. The molecular formula is C15H20N2O4S. The Labute approximate surface area is 135 Å². The maximum absolute atomic E-state index is 11.8. The number of benzene rings is 1. The van der Waals surface area contributed by atoms with Crippen molar-refractivity contribution in [1.29, 1.82) is 0 Å². The van der Waals surface area contributed by atoms with E-state index in [2.05, 4.69) is 17.9 Å². The number of carbonyl (C=O) groups excluding carboxylic acids is 1. The van der Waals surface area contributed by atoms with Crippen molar-refractivity contribution < 1.29 is 19.0 Å². The predicted molar refractivity (Wildman–Crippen MR) is 87.0 cm³/mol. The molecule has 0 saturated heterocycles. The van der Waals surface area contributed by atoms with Crippen molar-refractivity contribution in [1.82, 2.24) is 10.2 Å². The van der Waals surface area contributed by atoms with Crippen molar-refractivity contribution >= 4 is 24.2 Å². The van der Waals surface area contributed by atoms with Crippen LogP contribution >= 0.6 is 12.6 Å². The predicted octanol–water partition coefficient (Wildman–Crippen LogP) is 1.34. The summed E-state index contributed by atoms with van der Waals surface area (Å²) in [6.07, 6.45) is 1.53. The zero-order valence-corrected chi connectivity index (χ0v) is 13.7. The molecule has 0 saturated carbocycles. The number of hydrogen-bond donors (Lipinski definition) is 2. The van der Waals surface area contributed by atoms with Gasteiger partial charge in [-0.05, 0) is 12.1 Å². The standard InChI is InChI=1S/C15H20N2O4S/c1-19-7-6-17-12(9-14(18)16-15(17)22)11-5-4-10(20-2)8-13(11)21-3/h4-5,8-9,15,22H,6-7H2,1-3H3,(H,16,18). The Balaban J connectivity index is 2.43. The van der Waals surface area contributed by atoms with E-state index in [0.29, 0.717) is 24.7 Å². The van der Waals surface area contributed by atoms with E-state index in [1.165, 1.54) is 6.08 Å². The van der Waals surface area contributed by atoms with E-state index in [9.17, 15) is 4.79 Å². The Morgan fingerprint density at radius 2 is 2.05 bits per heavy atom. The number of carbonyl (C=O) groups is 1. The van der Waals surface area contributed by atoms with E-state index < -0.39 is 5.50 Å². The van der Waals surface area contributed by atoms with E-state index in [1.54, 1.807) is 27.4 Å². The zero-order valence-electron chi connectivity index (χ0n) is 12.8. The van der Waals surface area contributed by atoms with Crippen molar-refractivity contribution in [3.63, 3.8) is 0 Å². The monoisotopic (exact) mass is 324 g/mol. The molecule has 7 heteroatoms. The summed E-state index contributed by atoms with van der Waals surface area (Å²) < 4.78 is 15.8. The molecule has 1 heterocycles. The first kappa shape index (κ1) is 16.5. The summed E-state index contributed by atoms with van der Waals surface area (Å²) in [5.74, 6) is 1.12. The molecule has 22 heavy (non-hydrogen) atoms. The highest BCUT2D eigenvalue weighted by Gasteiger charge is 2.27. The van der Waals surface area contributed by atoms with Gasteiger partial charge in [-0.2, -0.15) is 0 Å². The zero-order chi connectivity index (χ0) is 16.1. The molecule has 1 atom stereocenters. The molecule has 0 fully saturated rings. The Kier molecular flexibility index (Phi) is 5.57. The molecule has 2 rings (SSSR count). The Morgan fingerprint density at radius 1 is 1.27 bits per heavy atom. The minimum absolute atomic E-state index is 0.193. The van der Waals surface area contributed by atoms with E-state index >= 15 is 0 Å². The van der Waals surface area contributed by atoms with Crippen LogP contribution in [0.2, 0.25) is 0 Å². The second-order valence-corrected chi connectivity index (χ2v) is 5.15. The fourth-order valence-electron chi connectivity index (χ4n) is 2.26. The number of nitrogens with one attached hydrogen (secondary N) is 1. The Bertz CT molecular complexity index is 577. The van der Waals surface area contributed by atoms with Crippen LogP contribution in [0.4, 0.5) is 0 Å². The minimum Gasteiger partial charge on any atom is -0.497 e. The van der Waals surface area contributed by atoms with Gasteiger partial charge in [0.1, 0.15) is 17.0 Å². The fraction of sp³-hybridized carbons (Fsp3) is 0.400. The van der Waals surface area contributed by atoms with Crippen molar-refractivity contribution in [2.24, 2.45) is 0 Å². The lowest BCUT2D eigenvalue weighted by Crippen LogP contribution is -2.48. The molecule has 120 valence electrons. The van der Waals surface area contributed by atoms with Crippen LogP contribution in [0.3, 0.4) is 0 Å². The molecule has 1 aromatic rings. The Hall–Kier alpha value is -1.86. The summed E-state index contributed by atoms with van der Waals surface area (Å²) >= 11 is 4.43. The first-order chi connectivity index (χ1) is 10.6. The molecule has 1 aliphatic rings. The molecular weight excluding hydrogens is 304 g/mol. The van der Waals surface area contributed by atoms with Gasteiger partial charge in [0.25, 0.3) is 0 Å².